The van der Waals surface area contributed by atoms with Crippen LogP contribution in [0.2, 0.25) is 0 Å². The molecule has 8 heteroatoms. The summed E-state index contributed by atoms with van der Waals surface area (Å²) in [6, 6.07) is 14.1. The van der Waals surface area contributed by atoms with Crippen molar-refractivity contribution in [1.29, 1.82) is 0 Å². The minimum absolute atomic E-state index is 0.216. The van der Waals surface area contributed by atoms with Gasteiger partial charge in [-0.2, -0.15) is 0 Å². The van der Waals surface area contributed by atoms with Gasteiger partial charge < -0.3 is 10.2 Å². The maximum Gasteiger partial charge on any atom is 0.244 e. The third-order valence-corrected chi connectivity index (χ3v) is 6.79. The molecular formula is C25H35N3O4S. The summed E-state index contributed by atoms with van der Waals surface area (Å²) in [6.07, 6.45) is 2.13. The van der Waals surface area contributed by atoms with Gasteiger partial charge in [-0.25, -0.2) is 8.42 Å². The van der Waals surface area contributed by atoms with Crippen LogP contribution in [0.5, 0.6) is 0 Å². The average Bonchev–Trinajstić information content (AvgIpc) is 2.77. The molecule has 0 heterocycles. The number of hydrogen-bond donors (Lipinski definition) is 1. The van der Waals surface area contributed by atoms with Gasteiger partial charge in [0.25, 0.3) is 0 Å². The summed E-state index contributed by atoms with van der Waals surface area (Å²) in [5.41, 5.74) is 3.22. The van der Waals surface area contributed by atoms with Crippen LogP contribution in [0.25, 0.3) is 0 Å². The van der Waals surface area contributed by atoms with Crippen molar-refractivity contribution in [2.75, 3.05) is 23.7 Å². The summed E-state index contributed by atoms with van der Waals surface area (Å²) in [6.45, 7) is 7.84. The molecule has 0 aliphatic heterocycles. The monoisotopic (exact) mass is 473 g/mol. The van der Waals surface area contributed by atoms with Gasteiger partial charge in [0.2, 0.25) is 21.8 Å². The summed E-state index contributed by atoms with van der Waals surface area (Å²) in [4.78, 5) is 27.9. The van der Waals surface area contributed by atoms with Crippen LogP contribution in [-0.2, 0) is 32.6 Å². The van der Waals surface area contributed by atoms with E-state index in [0.717, 1.165) is 27.3 Å². The second-order valence-corrected chi connectivity index (χ2v) is 9.93. The number of nitrogens with one attached hydrogen (secondary N) is 1. The van der Waals surface area contributed by atoms with Crippen molar-refractivity contribution in [3.05, 3.63) is 65.2 Å². The van der Waals surface area contributed by atoms with Gasteiger partial charge in [-0.3, -0.25) is 13.9 Å². The Bertz CT molecular complexity index is 1070. The van der Waals surface area contributed by atoms with E-state index in [0.29, 0.717) is 25.1 Å². The number of sulfonamides is 1. The van der Waals surface area contributed by atoms with Gasteiger partial charge in [-0.15, -0.1) is 0 Å². The molecule has 2 aromatic rings. The molecule has 0 aromatic heterocycles. The minimum atomic E-state index is -3.74. The zero-order valence-corrected chi connectivity index (χ0v) is 21.0. The first-order chi connectivity index (χ1) is 15.6. The van der Waals surface area contributed by atoms with Crippen molar-refractivity contribution < 1.29 is 18.0 Å². The molecule has 1 atom stereocenters. The van der Waals surface area contributed by atoms with E-state index >= 15 is 0 Å². The summed E-state index contributed by atoms with van der Waals surface area (Å²) in [5, 5.41) is 2.80. The van der Waals surface area contributed by atoms with Crippen molar-refractivity contribution >= 4 is 27.5 Å². The lowest BCUT2D eigenvalue weighted by Gasteiger charge is -2.33. The highest BCUT2D eigenvalue weighted by Crippen LogP contribution is 2.24. The van der Waals surface area contributed by atoms with Crippen LogP contribution in [0, 0.1) is 6.92 Å². The number of carbonyl (C=O) groups excluding carboxylic acids is 2. The Morgan fingerprint density at radius 1 is 0.970 bits per heavy atom. The second kappa shape index (κ2) is 11.8. The maximum atomic E-state index is 13.6. The Morgan fingerprint density at radius 3 is 2.12 bits per heavy atom. The molecule has 7 nitrogen and oxygen atoms in total. The van der Waals surface area contributed by atoms with Crippen molar-refractivity contribution in [1.82, 2.24) is 10.2 Å². The summed E-state index contributed by atoms with van der Waals surface area (Å²) < 4.78 is 26.6. The second-order valence-electron chi connectivity index (χ2n) is 8.02. The number of anilines is 1. The van der Waals surface area contributed by atoms with Gasteiger partial charge >= 0.3 is 0 Å². The quantitative estimate of drug-likeness (QED) is 0.543. The maximum absolute atomic E-state index is 13.6. The smallest absolute Gasteiger partial charge is 0.244 e. The number of aryl methyl sites for hydroxylation is 2. The van der Waals surface area contributed by atoms with Crippen LogP contribution in [-0.4, -0.2) is 50.5 Å². The number of likely N-dealkylation sites (N-methyl/N-ethyl adjacent to an activating group) is 1. The highest BCUT2D eigenvalue weighted by atomic mass is 32.2. The first-order valence-corrected chi connectivity index (χ1v) is 13.2. The van der Waals surface area contributed by atoms with Crippen LogP contribution in [0.15, 0.2) is 48.5 Å². The number of para-hydroxylation sites is 1. The topological polar surface area (TPSA) is 86.8 Å². The molecule has 0 spiro atoms. The number of benzene rings is 2. The van der Waals surface area contributed by atoms with Gasteiger partial charge in [0.15, 0.2) is 0 Å². The van der Waals surface area contributed by atoms with Gasteiger partial charge in [0.1, 0.15) is 12.6 Å². The fourth-order valence-electron chi connectivity index (χ4n) is 3.83. The van der Waals surface area contributed by atoms with Crippen molar-refractivity contribution in [3.8, 4) is 0 Å². The zero-order chi connectivity index (χ0) is 24.6. The molecule has 1 N–H and O–H groups in total. The Hall–Kier alpha value is -2.87. The fraction of sp³-hybridized carbons (Fsp3) is 0.440. The first kappa shape index (κ1) is 26.4. The Balaban J connectivity index is 2.48. The van der Waals surface area contributed by atoms with Crippen LogP contribution in [0.4, 0.5) is 5.69 Å². The van der Waals surface area contributed by atoms with E-state index in [-0.39, 0.29) is 19.0 Å². The van der Waals surface area contributed by atoms with Crippen LogP contribution >= 0.6 is 0 Å². The predicted octanol–water partition coefficient (Wildman–Crippen LogP) is 3.27. The lowest BCUT2D eigenvalue weighted by Crippen LogP contribution is -2.52. The summed E-state index contributed by atoms with van der Waals surface area (Å²) >= 11 is 0. The number of amides is 2. The molecule has 0 aliphatic carbocycles. The van der Waals surface area contributed by atoms with E-state index in [2.05, 4.69) is 5.32 Å². The molecule has 2 rings (SSSR count). The van der Waals surface area contributed by atoms with E-state index in [9.17, 15) is 18.0 Å². The molecule has 0 bridgehead atoms. The molecule has 0 aliphatic rings. The van der Waals surface area contributed by atoms with Gasteiger partial charge in [0.05, 0.1) is 11.9 Å². The third-order valence-electron chi connectivity index (χ3n) is 5.66. The fourth-order valence-corrected chi connectivity index (χ4v) is 4.71. The van der Waals surface area contributed by atoms with Crippen molar-refractivity contribution in [3.63, 3.8) is 0 Å². The third kappa shape index (κ3) is 6.81. The average molecular weight is 474 g/mol. The molecule has 0 saturated carbocycles. The van der Waals surface area contributed by atoms with E-state index in [1.807, 2.05) is 64.1 Å². The number of rotatable bonds is 11. The van der Waals surface area contributed by atoms with Crippen molar-refractivity contribution in [2.45, 2.75) is 53.1 Å². The molecule has 0 fully saturated rings. The molecule has 33 heavy (non-hydrogen) atoms. The van der Waals surface area contributed by atoms with Gasteiger partial charge in [-0.05, 0) is 49.4 Å². The Kier molecular flexibility index (Phi) is 9.46. The molecule has 180 valence electrons. The largest absolute Gasteiger partial charge is 0.355 e. The minimum Gasteiger partial charge on any atom is -0.355 e. The van der Waals surface area contributed by atoms with E-state index in [4.69, 9.17) is 0 Å². The number of nitrogens with zero attached hydrogens (tertiary/aromatic N) is 2. The van der Waals surface area contributed by atoms with E-state index < -0.39 is 22.0 Å². The predicted molar refractivity (Wildman–Crippen MR) is 133 cm³/mol. The lowest BCUT2D eigenvalue weighted by molar-refractivity contribution is -0.140. The normalized spacial score (nSPS) is 12.2. The summed E-state index contributed by atoms with van der Waals surface area (Å²) in [7, 11) is -3.74. The highest BCUT2D eigenvalue weighted by molar-refractivity contribution is 7.92. The highest BCUT2D eigenvalue weighted by Gasteiger charge is 2.32. The first-order valence-electron chi connectivity index (χ1n) is 11.3. The molecular weight excluding hydrogens is 438 g/mol. The SMILES string of the molecule is CCNC(=O)[C@@H](CC)N(Cc1ccccc1C)C(=O)CN(c1ccccc1CC)S(C)(=O)=O. The van der Waals surface area contributed by atoms with E-state index in [1.54, 1.807) is 12.1 Å². The van der Waals surface area contributed by atoms with E-state index in [1.165, 1.54) is 4.90 Å². The summed E-state index contributed by atoms with van der Waals surface area (Å²) in [5.74, 6) is -0.672. The van der Waals surface area contributed by atoms with Crippen LogP contribution in [0.3, 0.4) is 0 Å². The molecule has 0 saturated heterocycles. The van der Waals surface area contributed by atoms with Gasteiger partial charge in [0, 0.05) is 13.1 Å². The molecule has 0 radical (unpaired) electrons. The Labute approximate surface area is 197 Å². The van der Waals surface area contributed by atoms with Crippen molar-refractivity contribution in [2.24, 2.45) is 0 Å². The molecule has 2 amide bonds. The molecule has 2 aromatic carbocycles. The number of hydrogen-bond acceptors (Lipinski definition) is 4. The number of carbonyl (C=O) groups is 2. The van der Waals surface area contributed by atoms with Crippen LogP contribution in [0.1, 0.15) is 43.9 Å². The zero-order valence-electron chi connectivity index (χ0n) is 20.2. The lowest BCUT2D eigenvalue weighted by atomic mass is 10.1. The Morgan fingerprint density at radius 2 is 1.58 bits per heavy atom. The van der Waals surface area contributed by atoms with Crippen LogP contribution < -0.4 is 9.62 Å². The molecule has 0 unspecified atom stereocenters. The van der Waals surface area contributed by atoms with Gasteiger partial charge in [-0.1, -0.05) is 56.3 Å². The standard InChI is InChI=1S/C25H35N3O4S/c1-6-20-14-11-12-16-23(20)28(33(5,31)32)18-24(29)27(22(7-2)25(30)26-8-3)17-21-15-10-9-13-19(21)4/h9-16,22H,6-8,17-18H2,1-5H3,(H,26,30)/t22-/m1/s1.